The zero-order valence-corrected chi connectivity index (χ0v) is 80.9. The summed E-state index contributed by atoms with van der Waals surface area (Å²) in [6, 6.07) is 44.5. The van der Waals surface area contributed by atoms with E-state index in [9.17, 15) is 38.4 Å². The van der Waals surface area contributed by atoms with Crippen molar-refractivity contribution in [1.29, 1.82) is 0 Å². The normalized spacial score (nSPS) is 13.2. The monoisotopic (exact) mass is 1860 g/mol. The fraction of sp³-hybridized carbons (Fsp3) is 0.398. The molecular formula is C113H130FN9O14. The van der Waals surface area contributed by atoms with E-state index >= 15 is 4.39 Å². The number of hydrogen-bond donors (Lipinski definition) is 5. The van der Waals surface area contributed by atoms with Gasteiger partial charge in [-0.05, 0) is 256 Å². The van der Waals surface area contributed by atoms with Gasteiger partial charge in [0.2, 0.25) is 0 Å². The number of nitrogens with two attached hydrogens (primary N) is 1. The predicted octanol–water partition coefficient (Wildman–Crippen LogP) is 21.9. The van der Waals surface area contributed by atoms with E-state index in [-0.39, 0.29) is 52.6 Å². The predicted molar refractivity (Wildman–Crippen MR) is 540 cm³/mol. The largest absolute Gasteiger partial charge is 0.496 e. The van der Waals surface area contributed by atoms with E-state index in [1.54, 1.807) is 81.5 Å². The maximum absolute atomic E-state index is 15.0. The van der Waals surface area contributed by atoms with Crippen molar-refractivity contribution in [2.45, 2.75) is 177 Å². The highest BCUT2D eigenvalue weighted by Gasteiger charge is 2.32. The third-order valence-electron chi connectivity index (χ3n) is 25.2. The van der Waals surface area contributed by atoms with E-state index in [1.807, 2.05) is 99.6 Å². The second-order valence-electron chi connectivity index (χ2n) is 35.8. The first-order valence-corrected chi connectivity index (χ1v) is 48.9. The number of amides is 4. The molecule has 718 valence electrons. The summed E-state index contributed by atoms with van der Waals surface area (Å²) in [4.78, 5) is 119. The van der Waals surface area contributed by atoms with Gasteiger partial charge in [-0.25, -0.2) is 4.39 Å². The molecular weight excluding hydrogens is 1730 g/mol. The molecule has 0 unspecified atom stereocenters. The smallest absolute Gasteiger partial charge is 0.251 e. The maximum Gasteiger partial charge on any atom is 0.251 e. The van der Waals surface area contributed by atoms with Crippen molar-refractivity contribution in [3.63, 3.8) is 0 Å². The fourth-order valence-electron chi connectivity index (χ4n) is 16.9. The molecule has 0 saturated heterocycles. The minimum absolute atomic E-state index is 0.0437. The lowest BCUT2D eigenvalue weighted by Gasteiger charge is -2.15. The van der Waals surface area contributed by atoms with E-state index in [2.05, 4.69) is 94.0 Å². The molecule has 24 heteroatoms. The number of Topliss-reactive ketones (excluding diaryl/α,β-unsaturated/α-hetero) is 4. The summed E-state index contributed by atoms with van der Waals surface area (Å²) in [7, 11) is 3.24. The lowest BCUT2D eigenvalue weighted by molar-refractivity contribution is 0.0909. The molecule has 137 heavy (non-hydrogen) atoms. The van der Waals surface area contributed by atoms with Gasteiger partial charge in [0.05, 0.1) is 74.0 Å². The average molecular weight is 1860 g/mol. The van der Waals surface area contributed by atoms with Gasteiger partial charge >= 0.3 is 0 Å². The van der Waals surface area contributed by atoms with Crippen molar-refractivity contribution in [3.8, 4) is 56.0 Å². The molecule has 0 atom stereocenters. The van der Waals surface area contributed by atoms with Crippen LogP contribution < -0.4 is 36.5 Å². The Balaban J connectivity index is 0.000000154. The molecule has 12 aromatic rings. The van der Waals surface area contributed by atoms with Crippen molar-refractivity contribution >= 4 is 96.1 Å². The number of rotatable bonds is 45. The molecule has 0 bridgehead atoms. The first-order valence-electron chi connectivity index (χ1n) is 48.9. The number of ether oxygens (including phenoxy) is 6. The van der Waals surface area contributed by atoms with Crippen molar-refractivity contribution in [3.05, 3.63) is 243 Å². The number of nitrogens with zero attached hydrogens (tertiary/aromatic N) is 4. The Morgan fingerprint density at radius 3 is 0.905 bits per heavy atom. The molecule has 4 aliphatic rings. The number of methoxy groups -OCH3 is 2. The van der Waals surface area contributed by atoms with Gasteiger partial charge in [0.25, 0.3) is 23.6 Å². The molecule has 4 aromatic heterocycles. The summed E-state index contributed by atoms with van der Waals surface area (Å²) in [5.41, 5.74) is 25.6. The Bertz CT molecular complexity index is 6080. The molecule has 4 saturated carbocycles. The zero-order chi connectivity index (χ0) is 97.0. The molecule has 8 aromatic carbocycles. The Labute approximate surface area is 802 Å². The van der Waals surface area contributed by atoms with Gasteiger partial charge in [-0.2, -0.15) is 0 Å². The highest BCUT2D eigenvalue weighted by Crippen LogP contribution is 2.43. The van der Waals surface area contributed by atoms with Crippen LogP contribution in [-0.4, -0.2) is 160 Å². The molecule has 16 rings (SSSR count). The van der Waals surface area contributed by atoms with Crippen LogP contribution in [0, 0.1) is 36.4 Å². The lowest BCUT2D eigenvalue weighted by atomic mass is 9.92. The number of carbonyl (C=O) groups excluding carboxylic acids is 8. The van der Waals surface area contributed by atoms with Gasteiger partial charge in [0.1, 0.15) is 17.3 Å². The van der Waals surface area contributed by atoms with Crippen LogP contribution in [0.5, 0.6) is 11.5 Å². The number of benzene rings is 8. The summed E-state index contributed by atoms with van der Waals surface area (Å²) in [5, 5.41) is 15.0. The van der Waals surface area contributed by atoms with Gasteiger partial charge in [-0.1, -0.05) is 97.0 Å². The summed E-state index contributed by atoms with van der Waals surface area (Å²) in [5.74, 6) is 3.03. The zero-order valence-electron chi connectivity index (χ0n) is 80.9. The van der Waals surface area contributed by atoms with Crippen LogP contribution in [0.25, 0.3) is 88.1 Å². The number of nitrogen functional groups attached to an aromatic ring is 1. The number of carbonyl (C=O) groups is 8. The van der Waals surface area contributed by atoms with Gasteiger partial charge in [-0.15, -0.1) is 0 Å². The number of nitrogens with one attached hydrogen (secondary N) is 4. The van der Waals surface area contributed by atoms with Gasteiger partial charge in [-0.3, -0.25) is 58.3 Å². The summed E-state index contributed by atoms with van der Waals surface area (Å²) in [6.45, 7) is 23.1. The third kappa shape index (κ3) is 27.3. The Morgan fingerprint density at radius 2 is 0.599 bits per heavy atom. The number of aryl methyl sites for hydroxylation is 4. The number of aromatic nitrogens is 4. The van der Waals surface area contributed by atoms with E-state index < -0.39 is 0 Å². The second-order valence-corrected chi connectivity index (χ2v) is 35.8. The topological polar surface area (TPSA) is 318 Å². The van der Waals surface area contributed by atoms with Gasteiger partial charge in [0, 0.05) is 198 Å². The van der Waals surface area contributed by atoms with Crippen LogP contribution in [0.3, 0.4) is 0 Å². The molecule has 0 spiro atoms. The van der Waals surface area contributed by atoms with Crippen LogP contribution in [0.2, 0.25) is 0 Å². The molecule has 6 N–H and O–H groups in total. The quantitative estimate of drug-likeness (QED) is 0.0175. The summed E-state index contributed by atoms with van der Waals surface area (Å²) < 4.78 is 47.9. The number of hydrogen-bond acceptors (Lipinski definition) is 19. The number of halogens is 1. The molecule has 0 radical (unpaired) electrons. The first-order chi connectivity index (χ1) is 66.6. The molecule has 4 amide bonds. The first kappa shape index (κ1) is 102. The highest BCUT2D eigenvalue weighted by molar-refractivity contribution is 6.10. The van der Waals surface area contributed by atoms with Crippen LogP contribution in [-0.2, 0) is 38.2 Å². The summed E-state index contributed by atoms with van der Waals surface area (Å²) in [6.07, 6.45) is 24.1. The molecule has 4 fully saturated rings. The third-order valence-corrected chi connectivity index (χ3v) is 25.2. The Hall–Kier alpha value is -12.9. The van der Waals surface area contributed by atoms with Crippen molar-refractivity contribution in [2.75, 3.05) is 99.0 Å². The van der Waals surface area contributed by atoms with E-state index in [1.165, 1.54) is 6.07 Å². The summed E-state index contributed by atoms with van der Waals surface area (Å²) >= 11 is 0. The maximum atomic E-state index is 15.0. The van der Waals surface area contributed by atoms with Crippen molar-refractivity contribution in [1.82, 2.24) is 41.2 Å². The van der Waals surface area contributed by atoms with Crippen LogP contribution >= 0.6 is 0 Å². The SMILES string of the molecule is CCCOCCNC(=O)c1ccc(-c2cc3c(CC)c(C(=O)CC4CC4)cnc3cc2C)cc1.CCCOCCNC(=O)c1ccc(-c2cc3c(CC)c(C(=O)CC4CC4)cnc3cc2F)cc1.CCCOCCNC(=O)c1ccc(-c2cc3c(CC)c(C(=O)CC4CC4)cnc3cc2OC)cc1.CCCOCCNC(=O)c1ccc(-c2cc3c(N)c(C(=O)CC4CC4)cnc3cc2OC)cc1. The number of ketones is 4. The van der Waals surface area contributed by atoms with Gasteiger partial charge in [0.15, 0.2) is 23.1 Å². The number of fused-ring (bicyclic) bond motifs is 4. The molecule has 23 nitrogen and oxygen atoms in total. The number of anilines is 1. The van der Waals surface area contributed by atoms with E-state index in [0.717, 1.165) is 184 Å². The van der Waals surface area contributed by atoms with E-state index in [0.29, 0.717) is 213 Å². The Kier molecular flexibility index (Phi) is 36.9. The number of pyridine rings is 4. The van der Waals surface area contributed by atoms with E-state index in [4.69, 9.17) is 34.2 Å². The lowest BCUT2D eigenvalue weighted by Crippen LogP contribution is -2.27. The van der Waals surface area contributed by atoms with Crippen molar-refractivity contribution < 1.29 is 71.2 Å². The molecule has 0 aliphatic heterocycles. The van der Waals surface area contributed by atoms with Crippen LogP contribution in [0.1, 0.15) is 256 Å². The molecule has 4 heterocycles. The van der Waals surface area contributed by atoms with Crippen molar-refractivity contribution in [2.24, 2.45) is 23.7 Å². The fourth-order valence-corrected chi connectivity index (χ4v) is 16.9. The average Bonchev–Trinajstić information content (AvgIpc) is 1.60. The highest BCUT2D eigenvalue weighted by atomic mass is 19.1. The minimum atomic E-state index is -0.385. The Morgan fingerprint density at radius 1 is 0.336 bits per heavy atom. The van der Waals surface area contributed by atoms with Crippen LogP contribution in [0.4, 0.5) is 10.1 Å². The second kappa shape index (κ2) is 49.8. The van der Waals surface area contributed by atoms with Gasteiger partial charge < -0.3 is 55.4 Å². The minimum Gasteiger partial charge on any atom is -0.496 e. The standard InChI is InChI=1S/C29H34N2O4.C29H34N2O3.C28H31FN2O3.C27H31N3O4/c1-4-13-35-14-12-30-29(33)21-10-8-20(9-11-21)23-16-24-22(5-2)25(27(32)15-19-6-7-19)18-31-26(24)17-28(23)34-3;1-4-13-34-14-12-30-29(33)22-10-8-21(9-11-22)24-17-25-23(5-2)26(28(32)16-20-6-7-20)18-31-27(25)15-19(24)3;1-3-12-34-13-11-30-28(33)20-9-7-19(8-10-20)22-15-23-21(4-2)24(27(32)14-18-5-6-18)17-31-26(23)16-25(22)29;1-3-11-34-12-10-29-27(32)19-8-6-18(7-9-19)20-14-21-23(15-25(20)33-2)30-16-22(26(21)28)24(31)13-17-4-5-17/h8-11,16-19H,4-7,12-15H2,1-3H3,(H,30,33);8-11,15,17-18,20H,4-7,12-14,16H2,1-3H3,(H,30,33);7-10,15-18H,3-6,11-14H2,1-2H3,(H,30,33);6-9,14-17H,3-5,10-13H2,1-2H3,(H2,28,30)(H,29,32). The van der Waals surface area contributed by atoms with Crippen LogP contribution in [0.15, 0.2) is 170 Å². The molecule has 4 aliphatic carbocycles.